The molecular weight excluding hydrogens is 265 g/mol. The Morgan fingerprint density at radius 2 is 1.67 bits per heavy atom. The molecule has 0 aliphatic rings. The van der Waals surface area contributed by atoms with Crippen LogP contribution in [0, 0.1) is 5.82 Å². The fraction of sp³-hybridized carbons (Fsp3) is 0.333. The molecule has 0 aliphatic carbocycles. The van der Waals surface area contributed by atoms with Crippen LogP contribution in [0.4, 0.5) is 10.1 Å². The van der Waals surface area contributed by atoms with Crippen LogP contribution in [-0.2, 0) is 5.41 Å². The molecule has 112 valence electrons. The van der Waals surface area contributed by atoms with Crippen molar-refractivity contribution in [1.29, 1.82) is 0 Å². The predicted molar refractivity (Wildman–Crippen MR) is 85.5 cm³/mol. The van der Waals surface area contributed by atoms with Crippen LogP contribution in [0.25, 0.3) is 0 Å². The Balaban J connectivity index is 1.80. The molecule has 2 nitrogen and oxygen atoms in total. The smallest absolute Gasteiger partial charge is 0.146 e. The van der Waals surface area contributed by atoms with Gasteiger partial charge < -0.3 is 10.1 Å². The van der Waals surface area contributed by atoms with E-state index in [1.807, 2.05) is 12.1 Å². The molecule has 0 bridgehead atoms. The van der Waals surface area contributed by atoms with Gasteiger partial charge in [-0.2, -0.15) is 0 Å². The van der Waals surface area contributed by atoms with Crippen molar-refractivity contribution in [1.82, 2.24) is 0 Å². The van der Waals surface area contributed by atoms with E-state index >= 15 is 0 Å². The van der Waals surface area contributed by atoms with E-state index in [1.54, 1.807) is 18.2 Å². The van der Waals surface area contributed by atoms with E-state index in [4.69, 9.17) is 4.74 Å². The molecular formula is C18H22FNO. The monoisotopic (exact) mass is 287 g/mol. The van der Waals surface area contributed by atoms with Gasteiger partial charge in [0.2, 0.25) is 0 Å². The van der Waals surface area contributed by atoms with E-state index in [-0.39, 0.29) is 11.2 Å². The number of hydrogen-bond donors (Lipinski definition) is 1. The maximum atomic E-state index is 13.4. The lowest BCUT2D eigenvalue weighted by molar-refractivity contribution is 0.332. The van der Waals surface area contributed by atoms with Crippen molar-refractivity contribution in [3.8, 4) is 5.75 Å². The second kappa shape index (κ2) is 6.61. The van der Waals surface area contributed by atoms with Crippen molar-refractivity contribution < 1.29 is 9.13 Å². The van der Waals surface area contributed by atoms with Gasteiger partial charge in [0.1, 0.15) is 18.2 Å². The molecule has 3 heteroatoms. The first-order valence-electron chi connectivity index (χ1n) is 7.18. The van der Waals surface area contributed by atoms with Crippen LogP contribution < -0.4 is 10.1 Å². The fourth-order valence-electron chi connectivity index (χ4n) is 2.01. The quantitative estimate of drug-likeness (QED) is 0.811. The lowest BCUT2D eigenvalue weighted by Gasteiger charge is -2.19. The molecule has 0 spiro atoms. The van der Waals surface area contributed by atoms with E-state index in [9.17, 15) is 4.39 Å². The summed E-state index contributed by atoms with van der Waals surface area (Å²) in [4.78, 5) is 0. The molecule has 0 aliphatic heterocycles. The Kier molecular flexibility index (Phi) is 4.84. The van der Waals surface area contributed by atoms with Crippen LogP contribution >= 0.6 is 0 Å². The number of benzene rings is 2. The minimum absolute atomic E-state index is 0.144. The zero-order valence-corrected chi connectivity index (χ0v) is 12.8. The number of ether oxygens (including phenoxy) is 1. The molecule has 2 aromatic carbocycles. The standard InChI is InChI=1S/C18H22FNO/c1-18(2,3)14-8-10-15(11-9-14)21-13-12-20-17-7-5-4-6-16(17)19/h4-11,20H,12-13H2,1-3H3. The predicted octanol–water partition coefficient (Wildman–Crippen LogP) is 4.61. The summed E-state index contributed by atoms with van der Waals surface area (Å²) in [6, 6.07) is 14.7. The summed E-state index contributed by atoms with van der Waals surface area (Å²) in [7, 11) is 0. The Bertz CT molecular complexity index is 573. The summed E-state index contributed by atoms with van der Waals surface area (Å²) < 4.78 is 19.0. The van der Waals surface area contributed by atoms with Gasteiger partial charge in [0.25, 0.3) is 0 Å². The zero-order valence-electron chi connectivity index (χ0n) is 12.8. The van der Waals surface area contributed by atoms with Gasteiger partial charge in [0.05, 0.1) is 5.69 Å². The fourth-order valence-corrected chi connectivity index (χ4v) is 2.01. The van der Waals surface area contributed by atoms with Gasteiger partial charge in [-0.3, -0.25) is 0 Å². The molecule has 0 saturated heterocycles. The van der Waals surface area contributed by atoms with E-state index in [2.05, 4.69) is 38.2 Å². The molecule has 0 radical (unpaired) electrons. The molecule has 21 heavy (non-hydrogen) atoms. The minimum Gasteiger partial charge on any atom is -0.492 e. The number of nitrogens with one attached hydrogen (secondary N) is 1. The first-order valence-corrected chi connectivity index (χ1v) is 7.18. The van der Waals surface area contributed by atoms with Crippen LogP contribution in [0.3, 0.4) is 0 Å². The largest absolute Gasteiger partial charge is 0.492 e. The second-order valence-electron chi connectivity index (χ2n) is 6.03. The molecule has 0 unspecified atom stereocenters. The average molecular weight is 287 g/mol. The Morgan fingerprint density at radius 1 is 1.00 bits per heavy atom. The highest BCUT2D eigenvalue weighted by Crippen LogP contribution is 2.24. The first-order chi connectivity index (χ1) is 9.97. The van der Waals surface area contributed by atoms with Gasteiger partial charge in [-0.25, -0.2) is 4.39 Å². The van der Waals surface area contributed by atoms with Gasteiger partial charge in [0.15, 0.2) is 0 Å². The lowest BCUT2D eigenvalue weighted by atomic mass is 9.87. The molecule has 0 atom stereocenters. The third kappa shape index (κ3) is 4.48. The third-order valence-corrected chi connectivity index (χ3v) is 3.28. The molecule has 0 fully saturated rings. The molecule has 0 amide bonds. The topological polar surface area (TPSA) is 21.3 Å². The van der Waals surface area contributed by atoms with Crippen LogP contribution in [0.2, 0.25) is 0 Å². The number of rotatable bonds is 5. The zero-order chi connectivity index (χ0) is 15.3. The van der Waals surface area contributed by atoms with Gasteiger partial charge in [-0.1, -0.05) is 45.0 Å². The summed E-state index contributed by atoms with van der Waals surface area (Å²) >= 11 is 0. The molecule has 0 saturated carbocycles. The van der Waals surface area contributed by atoms with Crippen molar-refractivity contribution in [2.24, 2.45) is 0 Å². The Morgan fingerprint density at radius 3 is 2.29 bits per heavy atom. The van der Waals surface area contributed by atoms with Crippen molar-refractivity contribution in [3.05, 3.63) is 59.9 Å². The summed E-state index contributed by atoms with van der Waals surface area (Å²) in [5.74, 6) is 0.588. The van der Waals surface area contributed by atoms with Gasteiger partial charge in [0, 0.05) is 6.54 Å². The SMILES string of the molecule is CC(C)(C)c1ccc(OCCNc2ccccc2F)cc1. The van der Waals surface area contributed by atoms with E-state index in [0.717, 1.165) is 5.75 Å². The Hall–Kier alpha value is -2.03. The van der Waals surface area contributed by atoms with Crippen molar-refractivity contribution >= 4 is 5.69 Å². The molecule has 2 rings (SSSR count). The highest BCUT2D eigenvalue weighted by Gasteiger charge is 2.12. The van der Waals surface area contributed by atoms with Crippen LogP contribution in [0.5, 0.6) is 5.75 Å². The Labute approximate surface area is 126 Å². The lowest BCUT2D eigenvalue weighted by Crippen LogP contribution is -2.13. The van der Waals surface area contributed by atoms with Crippen molar-refractivity contribution in [3.63, 3.8) is 0 Å². The summed E-state index contributed by atoms with van der Waals surface area (Å²) in [5.41, 5.74) is 1.92. The molecule has 0 heterocycles. The molecule has 1 N–H and O–H groups in total. The van der Waals surface area contributed by atoms with E-state index in [0.29, 0.717) is 18.8 Å². The second-order valence-corrected chi connectivity index (χ2v) is 6.03. The number of para-hydroxylation sites is 1. The van der Waals surface area contributed by atoms with Crippen LogP contribution in [0.1, 0.15) is 26.3 Å². The molecule has 0 aromatic heterocycles. The van der Waals surface area contributed by atoms with E-state index in [1.165, 1.54) is 11.6 Å². The normalized spacial score (nSPS) is 11.2. The number of halogens is 1. The van der Waals surface area contributed by atoms with Crippen LogP contribution in [0.15, 0.2) is 48.5 Å². The number of hydrogen-bond acceptors (Lipinski definition) is 2. The highest BCUT2D eigenvalue weighted by molar-refractivity contribution is 5.44. The van der Waals surface area contributed by atoms with Crippen LogP contribution in [-0.4, -0.2) is 13.2 Å². The third-order valence-electron chi connectivity index (χ3n) is 3.28. The van der Waals surface area contributed by atoms with Gasteiger partial charge in [-0.15, -0.1) is 0 Å². The minimum atomic E-state index is -0.243. The van der Waals surface area contributed by atoms with Gasteiger partial charge >= 0.3 is 0 Å². The maximum Gasteiger partial charge on any atom is 0.146 e. The van der Waals surface area contributed by atoms with Crippen molar-refractivity contribution in [2.45, 2.75) is 26.2 Å². The average Bonchev–Trinajstić information content (AvgIpc) is 2.45. The number of anilines is 1. The highest BCUT2D eigenvalue weighted by atomic mass is 19.1. The first kappa shape index (κ1) is 15.4. The van der Waals surface area contributed by atoms with Crippen molar-refractivity contribution in [2.75, 3.05) is 18.5 Å². The summed E-state index contributed by atoms with van der Waals surface area (Å²) in [6.07, 6.45) is 0. The molecule has 2 aromatic rings. The van der Waals surface area contributed by atoms with E-state index < -0.39 is 0 Å². The maximum absolute atomic E-state index is 13.4. The summed E-state index contributed by atoms with van der Waals surface area (Å²) in [5, 5.41) is 3.02. The summed E-state index contributed by atoms with van der Waals surface area (Å²) in [6.45, 7) is 7.59. The van der Waals surface area contributed by atoms with Gasteiger partial charge in [-0.05, 0) is 35.2 Å².